The van der Waals surface area contributed by atoms with E-state index in [1.807, 2.05) is 0 Å². The van der Waals surface area contributed by atoms with Crippen molar-refractivity contribution >= 4 is 0 Å². The minimum Gasteiger partial charge on any atom is -0.378 e. The monoisotopic (exact) mass is 142 g/mol. The largest absolute Gasteiger partial charge is 0.378 e. The first kappa shape index (κ1) is 8.02. The van der Waals surface area contributed by atoms with Gasteiger partial charge in [-0.3, -0.25) is 0 Å². The smallest absolute Gasteiger partial charge is 0.0625 e. The number of hydrogen-bond acceptors (Lipinski definition) is 2. The van der Waals surface area contributed by atoms with Crippen molar-refractivity contribution < 1.29 is 4.74 Å². The highest BCUT2D eigenvalue weighted by Crippen LogP contribution is 2.19. The molecule has 10 heavy (non-hydrogen) atoms. The van der Waals surface area contributed by atoms with Gasteiger partial charge in [0.05, 0.1) is 13.2 Å². The number of nitrogens with one attached hydrogen (secondary N) is 1. The van der Waals surface area contributed by atoms with Crippen LogP contribution in [0, 0.1) is 12.3 Å². The van der Waals surface area contributed by atoms with Gasteiger partial charge in [0, 0.05) is 12.6 Å². The van der Waals surface area contributed by atoms with Gasteiger partial charge in [-0.2, -0.15) is 0 Å². The number of rotatable bonds is 1. The van der Waals surface area contributed by atoms with E-state index in [0.717, 1.165) is 19.8 Å². The van der Waals surface area contributed by atoms with Crippen LogP contribution in [0.5, 0.6) is 0 Å². The predicted molar refractivity (Wildman–Crippen MR) is 41.7 cm³/mol. The number of morpholine rings is 1. The van der Waals surface area contributed by atoms with Crippen molar-refractivity contribution in [3.8, 4) is 0 Å². The zero-order valence-electron chi connectivity index (χ0n) is 6.81. The number of ether oxygens (including phenoxy) is 1. The summed E-state index contributed by atoms with van der Waals surface area (Å²) in [6, 6.07) is 0.418. The van der Waals surface area contributed by atoms with Gasteiger partial charge in [-0.15, -0.1) is 0 Å². The van der Waals surface area contributed by atoms with E-state index in [1.165, 1.54) is 0 Å². The minimum atomic E-state index is 0.0837. The first-order valence-electron chi connectivity index (χ1n) is 3.77. The summed E-state index contributed by atoms with van der Waals surface area (Å²) in [7, 11) is 0. The van der Waals surface area contributed by atoms with Gasteiger partial charge < -0.3 is 10.1 Å². The highest BCUT2D eigenvalue weighted by molar-refractivity contribution is 4.87. The number of hydrogen-bond donors (Lipinski definition) is 1. The highest BCUT2D eigenvalue weighted by Gasteiger charge is 2.25. The lowest BCUT2D eigenvalue weighted by Gasteiger charge is -2.34. The molecule has 0 aromatic carbocycles. The Labute approximate surface area is 63.0 Å². The van der Waals surface area contributed by atoms with Gasteiger partial charge in [-0.25, -0.2) is 0 Å². The fourth-order valence-electron chi connectivity index (χ4n) is 1.07. The summed E-state index contributed by atoms with van der Waals surface area (Å²) in [5.41, 5.74) is 0.0837. The maximum Gasteiger partial charge on any atom is 0.0625 e. The molecule has 0 bridgehead atoms. The van der Waals surface area contributed by atoms with E-state index in [9.17, 15) is 0 Å². The molecule has 1 unspecified atom stereocenters. The van der Waals surface area contributed by atoms with Crippen LogP contribution < -0.4 is 5.32 Å². The summed E-state index contributed by atoms with van der Waals surface area (Å²) in [4.78, 5) is 0. The van der Waals surface area contributed by atoms with Crippen molar-refractivity contribution in [3.05, 3.63) is 6.92 Å². The Balaban J connectivity index is 2.39. The van der Waals surface area contributed by atoms with Crippen LogP contribution in [0.3, 0.4) is 0 Å². The molecule has 0 amide bonds. The summed E-state index contributed by atoms with van der Waals surface area (Å²) in [6.07, 6.45) is 0. The normalized spacial score (nSPS) is 28.5. The van der Waals surface area contributed by atoms with Crippen LogP contribution in [0.2, 0.25) is 0 Å². The van der Waals surface area contributed by atoms with E-state index in [-0.39, 0.29) is 5.41 Å². The van der Waals surface area contributed by atoms with Gasteiger partial charge >= 0.3 is 0 Å². The van der Waals surface area contributed by atoms with E-state index in [4.69, 9.17) is 4.74 Å². The molecule has 0 aliphatic carbocycles. The Morgan fingerprint density at radius 2 is 2.30 bits per heavy atom. The molecule has 2 heteroatoms. The quantitative estimate of drug-likeness (QED) is 0.585. The summed E-state index contributed by atoms with van der Waals surface area (Å²) in [5, 5.41) is 3.37. The topological polar surface area (TPSA) is 21.3 Å². The second kappa shape index (κ2) is 2.89. The van der Waals surface area contributed by atoms with Gasteiger partial charge in [0.15, 0.2) is 0 Å². The molecule has 0 spiro atoms. The summed E-state index contributed by atoms with van der Waals surface area (Å²) < 4.78 is 5.31. The molecular weight excluding hydrogens is 126 g/mol. The molecule has 1 atom stereocenters. The maximum atomic E-state index is 5.31. The summed E-state index contributed by atoms with van der Waals surface area (Å²) in [6.45, 7) is 10.9. The fraction of sp³-hybridized carbons (Fsp3) is 0.875. The van der Waals surface area contributed by atoms with E-state index in [2.05, 4.69) is 26.1 Å². The van der Waals surface area contributed by atoms with Crippen LogP contribution in [-0.2, 0) is 4.74 Å². The molecule has 1 aliphatic rings. The van der Waals surface area contributed by atoms with Crippen molar-refractivity contribution in [2.75, 3.05) is 19.8 Å². The Morgan fingerprint density at radius 1 is 1.60 bits per heavy atom. The predicted octanol–water partition coefficient (Wildman–Crippen LogP) is 0.835. The molecule has 1 fully saturated rings. The second-order valence-corrected chi connectivity index (χ2v) is 3.57. The second-order valence-electron chi connectivity index (χ2n) is 3.57. The minimum absolute atomic E-state index is 0.0837. The summed E-state index contributed by atoms with van der Waals surface area (Å²) >= 11 is 0. The molecule has 1 rings (SSSR count). The molecule has 1 N–H and O–H groups in total. The van der Waals surface area contributed by atoms with Crippen molar-refractivity contribution in [1.29, 1.82) is 0 Å². The van der Waals surface area contributed by atoms with Crippen molar-refractivity contribution in [1.82, 2.24) is 5.32 Å². The SMILES string of the molecule is [CH2]C(C)(C)C1COCCN1. The Hall–Kier alpha value is -0.0800. The molecule has 1 saturated heterocycles. The Morgan fingerprint density at radius 3 is 2.60 bits per heavy atom. The van der Waals surface area contributed by atoms with Crippen LogP contribution in [0.15, 0.2) is 0 Å². The molecule has 0 aromatic rings. The van der Waals surface area contributed by atoms with Gasteiger partial charge in [-0.1, -0.05) is 13.8 Å². The van der Waals surface area contributed by atoms with E-state index >= 15 is 0 Å². The van der Waals surface area contributed by atoms with Gasteiger partial charge in [0.25, 0.3) is 0 Å². The lowest BCUT2D eigenvalue weighted by Crippen LogP contribution is -2.49. The van der Waals surface area contributed by atoms with E-state index in [0.29, 0.717) is 6.04 Å². The lowest BCUT2D eigenvalue weighted by molar-refractivity contribution is 0.0461. The van der Waals surface area contributed by atoms with Gasteiger partial charge in [0.1, 0.15) is 0 Å². The van der Waals surface area contributed by atoms with Crippen LogP contribution >= 0.6 is 0 Å². The Bertz CT molecular complexity index is 100. The fourth-order valence-corrected chi connectivity index (χ4v) is 1.07. The first-order chi connectivity index (χ1) is 4.61. The molecule has 59 valence electrons. The maximum absolute atomic E-state index is 5.31. The zero-order valence-corrected chi connectivity index (χ0v) is 6.81. The van der Waals surface area contributed by atoms with E-state index < -0.39 is 0 Å². The molecule has 2 nitrogen and oxygen atoms in total. The van der Waals surface area contributed by atoms with Crippen LogP contribution in [0.25, 0.3) is 0 Å². The third kappa shape index (κ3) is 1.96. The third-order valence-corrected chi connectivity index (χ3v) is 1.86. The molecule has 1 heterocycles. The van der Waals surface area contributed by atoms with Crippen LogP contribution in [-0.4, -0.2) is 25.8 Å². The molecule has 1 aliphatic heterocycles. The van der Waals surface area contributed by atoms with Gasteiger partial charge in [0.2, 0.25) is 0 Å². The van der Waals surface area contributed by atoms with Crippen LogP contribution in [0.4, 0.5) is 0 Å². The first-order valence-corrected chi connectivity index (χ1v) is 3.77. The average Bonchev–Trinajstić information content (AvgIpc) is 1.88. The van der Waals surface area contributed by atoms with Crippen LogP contribution in [0.1, 0.15) is 13.8 Å². The lowest BCUT2D eigenvalue weighted by atomic mass is 9.87. The zero-order chi connectivity index (χ0) is 7.61. The molecular formula is C8H16NO. The molecule has 1 radical (unpaired) electrons. The van der Waals surface area contributed by atoms with Crippen molar-refractivity contribution in [2.45, 2.75) is 19.9 Å². The third-order valence-electron chi connectivity index (χ3n) is 1.86. The summed E-state index contributed by atoms with van der Waals surface area (Å²) in [5.74, 6) is 0. The standard InChI is InChI=1S/C8H16NO/c1-8(2,3)7-6-10-5-4-9-7/h7,9H,1,4-6H2,2-3H3. The van der Waals surface area contributed by atoms with Gasteiger partial charge in [-0.05, 0) is 12.3 Å². The van der Waals surface area contributed by atoms with Crippen molar-refractivity contribution in [2.24, 2.45) is 5.41 Å². The van der Waals surface area contributed by atoms with E-state index in [1.54, 1.807) is 0 Å². The Kier molecular flexibility index (Phi) is 2.32. The average molecular weight is 142 g/mol. The highest BCUT2D eigenvalue weighted by atomic mass is 16.5. The molecule has 0 aromatic heterocycles. The molecule has 0 saturated carbocycles. The van der Waals surface area contributed by atoms with Crippen molar-refractivity contribution in [3.63, 3.8) is 0 Å².